The van der Waals surface area contributed by atoms with Crippen LogP contribution in [0.3, 0.4) is 0 Å². The van der Waals surface area contributed by atoms with Crippen molar-refractivity contribution in [2.24, 2.45) is 0 Å². The molecule has 1 unspecified atom stereocenters. The average Bonchev–Trinajstić information content (AvgIpc) is 3.12. The molecule has 2 aromatic carbocycles. The molecule has 7 heteroatoms. The molecule has 0 aliphatic carbocycles. The summed E-state index contributed by atoms with van der Waals surface area (Å²) in [6.07, 6.45) is 2.62. The summed E-state index contributed by atoms with van der Waals surface area (Å²) in [5.41, 5.74) is 2.01. The molecular weight excluding hydrogens is 384 g/mol. The molecule has 3 heterocycles. The van der Waals surface area contributed by atoms with Gasteiger partial charge in [0.25, 0.3) is 0 Å². The lowest BCUT2D eigenvalue weighted by atomic mass is 10.00. The van der Waals surface area contributed by atoms with Gasteiger partial charge in [-0.15, -0.1) is 0 Å². The number of fused-ring (bicyclic) bond motifs is 3. The van der Waals surface area contributed by atoms with Crippen molar-refractivity contribution in [3.8, 4) is 5.75 Å². The largest absolute Gasteiger partial charge is 0.483 e. The van der Waals surface area contributed by atoms with Crippen molar-refractivity contribution >= 4 is 27.6 Å². The van der Waals surface area contributed by atoms with Gasteiger partial charge in [0, 0.05) is 40.5 Å². The van der Waals surface area contributed by atoms with E-state index < -0.39 is 16.2 Å². The lowest BCUT2D eigenvalue weighted by Gasteiger charge is -2.11. The predicted molar refractivity (Wildman–Crippen MR) is 111 cm³/mol. The van der Waals surface area contributed by atoms with Crippen LogP contribution in [0.2, 0.25) is 0 Å². The minimum atomic E-state index is -0.936. The van der Waals surface area contributed by atoms with Crippen LogP contribution in [0.1, 0.15) is 16.7 Å². The molecule has 1 aliphatic rings. The second kappa shape index (κ2) is 6.66. The van der Waals surface area contributed by atoms with Crippen molar-refractivity contribution < 1.29 is 18.6 Å². The molecule has 0 spiro atoms. The van der Waals surface area contributed by atoms with Crippen LogP contribution < -0.4 is 14.9 Å². The highest BCUT2D eigenvalue weighted by molar-refractivity contribution is 5.88. The van der Waals surface area contributed by atoms with Crippen molar-refractivity contribution in [1.82, 2.24) is 0 Å². The number of ether oxygens (including phenoxy) is 1. The van der Waals surface area contributed by atoms with E-state index in [-0.39, 0.29) is 6.10 Å². The van der Waals surface area contributed by atoms with Crippen LogP contribution in [0.5, 0.6) is 5.75 Å². The number of benzene rings is 2. The SMILES string of the molecule is Cc1c([N+](=O)[O-])c(=O)oc2c(C)c3c(cc12)CC(C[n+]1cccc2ccccc21)O3. The molecule has 0 radical (unpaired) electrons. The highest BCUT2D eigenvalue weighted by Crippen LogP contribution is 2.39. The Morgan fingerprint density at radius 3 is 2.73 bits per heavy atom. The van der Waals surface area contributed by atoms with E-state index in [1.54, 1.807) is 6.92 Å². The Labute approximate surface area is 171 Å². The Morgan fingerprint density at radius 1 is 1.17 bits per heavy atom. The summed E-state index contributed by atoms with van der Waals surface area (Å²) in [7, 11) is 0. The van der Waals surface area contributed by atoms with E-state index in [1.807, 2.05) is 37.4 Å². The number of pyridine rings is 1. The van der Waals surface area contributed by atoms with E-state index in [0.717, 1.165) is 16.5 Å². The molecule has 0 fully saturated rings. The number of aryl methyl sites for hydroxylation is 2. The molecule has 0 bridgehead atoms. The van der Waals surface area contributed by atoms with Crippen molar-refractivity contribution in [3.05, 3.63) is 85.9 Å². The first-order valence-corrected chi connectivity index (χ1v) is 9.72. The first kappa shape index (κ1) is 18.3. The maximum absolute atomic E-state index is 12.1. The molecule has 1 atom stereocenters. The minimum absolute atomic E-state index is 0.0895. The summed E-state index contributed by atoms with van der Waals surface area (Å²) in [5, 5.41) is 13.0. The topological polar surface area (TPSA) is 86.5 Å². The minimum Gasteiger partial charge on any atom is -0.483 e. The number of aromatic nitrogens is 1. The zero-order chi connectivity index (χ0) is 21.0. The summed E-state index contributed by atoms with van der Waals surface area (Å²) in [5.74, 6) is 0.699. The number of rotatable bonds is 3. The third-order valence-electron chi connectivity index (χ3n) is 5.79. The van der Waals surface area contributed by atoms with E-state index in [0.29, 0.717) is 40.8 Å². The number of nitrogens with zero attached hydrogens (tertiary/aromatic N) is 2. The Kier molecular flexibility index (Phi) is 4.06. The molecule has 2 aromatic heterocycles. The van der Waals surface area contributed by atoms with Gasteiger partial charge >= 0.3 is 11.3 Å². The molecule has 30 heavy (non-hydrogen) atoms. The van der Waals surface area contributed by atoms with Crippen LogP contribution in [-0.2, 0) is 13.0 Å². The van der Waals surface area contributed by atoms with Gasteiger partial charge in [-0.3, -0.25) is 10.1 Å². The summed E-state index contributed by atoms with van der Waals surface area (Å²) in [4.78, 5) is 22.7. The van der Waals surface area contributed by atoms with E-state index in [2.05, 4.69) is 22.8 Å². The van der Waals surface area contributed by atoms with Gasteiger partial charge in [0.15, 0.2) is 18.8 Å². The Hall–Kier alpha value is -3.74. The lowest BCUT2D eigenvalue weighted by molar-refractivity contribution is -0.677. The second-order valence-corrected chi connectivity index (χ2v) is 7.65. The predicted octanol–water partition coefficient (Wildman–Crippen LogP) is 3.76. The monoisotopic (exact) mass is 403 g/mol. The van der Waals surface area contributed by atoms with E-state index in [9.17, 15) is 14.9 Å². The zero-order valence-electron chi connectivity index (χ0n) is 16.5. The van der Waals surface area contributed by atoms with Crippen LogP contribution in [0, 0.1) is 24.0 Å². The average molecular weight is 403 g/mol. The zero-order valence-corrected chi connectivity index (χ0v) is 16.5. The van der Waals surface area contributed by atoms with Crippen molar-refractivity contribution in [2.45, 2.75) is 32.9 Å². The maximum Gasteiger partial charge on any atom is 0.415 e. The van der Waals surface area contributed by atoms with Crippen molar-refractivity contribution in [1.29, 1.82) is 0 Å². The molecule has 1 aliphatic heterocycles. The molecule has 4 aromatic rings. The molecule has 0 saturated carbocycles. The van der Waals surface area contributed by atoms with Gasteiger partial charge in [-0.2, -0.15) is 4.57 Å². The fourth-order valence-corrected chi connectivity index (χ4v) is 4.37. The Balaban J connectivity index is 1.56. The molecular formula is C23H19N2O5+. The summed E-state index contributed by atoms with van der Waals surface area (Å²) >= 11 is 0. The van der Waals surface area contributed by atoms with Gasteiger partial charge < -0.3 is 9.15 Å². The van der Waals surface area contributed by atoms with Gasteiger partial charge in [-0.1, -0.05) is 12.1 Å². The third kappa shape index (κ3) is 2.74. The summed E-state index contributed by atoms with van der Waals surface area (Å²) < 4.78 is 13.7. The first-order valence-electron chi connectivity index (χ1n) is 9.72. The van der Waals surface area contributed by atoms with E-state index in [1.165, 1.54) is 0 Å². The van der Waals surface area contributed by atoms with Gasteiger partial charge in [0.1, 0.15) is 11.3 Å². The number of para-hydroxylation sites is 1. The molecule has 7 nitrogen and oxygen atoms in total. The van der Waals surface area contributed by atoms with Crippen LogP contribution in [0.15, 0.2) is 57.9 Å². The summed E-state index contributed by atoms with van der Waals surface area (Å²) in [6.45, 7) is 4.07. The summed E-state index contributed by atoms with van der Waals surface area (Å²) in [6, 6.07) is 14.1. The van der Waals surface area contributed by atoms with Crippen molar-refractivity contribution in [2.75, 3.05) is 0 Å². The maximum atomic E-state index is 12.1. The molecule has 0 amide bonds. The lowest BCUT2D eigenvalue weighted by Crippen LogP contribution is -2.41. The molecule has 0 N–H and O–H groups in total. The molecule has 5 rings (SSSR count). The van der Waals surface area contributed by atoms with Crippen LogP contribution in [-0.4, -0.2) is 11.0 Å². The highest BCUT2D eigenvalue weighted by atomic mass is 16.6. The van der Waals surface area contributed by atoms with Crippen LogP contribution >= 0.6 is 0 Å². The van der Waals surface area contributed by atoms with E-state index >= 15 is 0 Å². The quantitative estimate of drug-likeness (QED) is 0.225. The third-order valence-corrected chi connectivity index (χ3v) is 5.79. The smallest absolute Gasteiger partial charge is 0.415 e. The number of hydrogen-bond donors (Lipinski definition) is 0. The highest BCUT2D eigenvalue weighted by Gasteiger charge is 2.32. The first-order chi connectivity index (χ1) is 14.4. The van der Waals surface area contributed by atoms with Crippen LogP contribution in [0.25, 0.3) is 21.9 Å². The number of hydrogen-bond acceptors (Lipinski definition) is 5. The molecule has 0 saturated heterocycles. The van der Waals surface area contributed by atoms with Crippen LogP contribution in [0.4, 0.5) is 5.69 Å². The normalized spacial score (nSPS) is 15.3. The van der Waals surface area contributed by atoms with Gasteiger partial charge in [-0.05, 0) is 37.6 Å². The molecule has 150 valence electrons. The van der Waals surface area contributed by atoms with Gasteiger partial charge in [0.05, 0.1) is 4.92 Å². The fourth-order valence-electron chi connectivity index (χ4n) is 4.37. The fraction of sp³-hybridized carbons (Fsp3) is 0.217. The van der Waals surface area contributed by atoms with Crippen molar-refractivity contribution in [3.63, 3.8) is 0 Å². The standard InChI is InChI=1S/C23H19N2O5/c1-13-18-11-16-10-17(12-24-9-5-7-15-6-3-4-8-19(15)24)29-21(16)14(2)22(18)30-23(26)20(13)25(27)28/h3-9,11,17H,10,12H2,1-2H3/q+1. The Morgan fingerprint density at radius 2 is 1.93 bits per heavy atom. The van der Waals surface area contributed by atoms with Gasteiger partial charge in [0.2, 0.25) is 5.52 Å². The van der Waals surface area contributed by atoms with Gasteiger partial charge in [-0.25, -0.2) is 4.79 Å². The Bertz CT molecular complexity index is 1400. The number of nitro groups is 1. The second-order valence-electron chi connectivity index (χ2n) is 7.65. The van der Waals surface area contributed by atoms with E-state index in [4.69, 9.17) is 9.15 Å².